The van der Waals surface area contributed by atoms with E-state index in [1.807, 2.05) is 0 Å². The van der Waals surface area contributed by atoms with Gasteiger partial charge in [0.15, 0.2) is 5.82 Å². The van der Waals surface area contributed by atoms with Crippen LogP contribution in [0.2, 0.25) is 5.02 Å². The van der Waals surface area contributed by atoms with Gasteiger partial charge in [0.2, 0.25) is 0 Å². The topological polar surface area (TPSA) is 64.9 Å². The number of anilines is 1. The Morgan fingerprint density at radius 1 is 1.35 bits per heavy atom. The molecule has 1 aromatic carbocycles. The lowest BCUT2D eigenvalue weighted by Gasteiger charge is -2.04. The maximum Gasteiger partial charge on any atom is 0.258 e. The molecule has 4 nitrogen and oxygen atoms in total. The van der Waals surface area contributed by atoms with Crippen LogP contribution in [0, 0.1) is 5.92 Å². The maximum atomic E-state index is 6.00. The van der Waals surface area contributed by atoms with E-state index < -0.39 is 0 Å². The molecule has 2 unspecified atom stereocenters. The summed E-state index contributed by atoms with van der Waals surface area (Å²) in [4.78, 5) is 4.52. The van der Waals surface area contributed by atoms with Crippen LogP contribution < -0.4 is 5.73 Å². The van der Waals surface area contributed by atoms with E-state index in [0.717, 1.165) is 30.1 Å². The summed E-state index contributed by atoms with van der Waals surface area (Å²) in [5.74, 6) is 2.53. The van der Waals surface area contributed by atoms with Gasteiger partial charge < -0.3 is 10.3 Å². The number of halogens is 1. The predicted molar refractivity (Wildman–Crippen MR) is 79.5 cm³/mol. The number of nitrogens with two attached hydrogens (primary N) is 1. The summed E-state index contributed by atoms with van der Waals surface area (Å²) in [5.41, 5.74) is 7.16. The monoisotopic (exact) mass is 291 g/mol. The van der Waals surface area contributed by atoms with E-state index in [0.29, 0.717) is 22.5 Å². The van der Waals surface area contributed by atoms with Crippen molar-refractivity contribution in [3.8, 4) is 11.5 Å². The number of nitrogens with zero attached hydrogens (tertiary/aromatic N) is 2. The van der Waals surface area contributed by atoms with Gasteiger partial charge >= 0.3 is 0 Å². The molecule has 3 rings (SSSR count). The Balaban J connectivity index is 1.83. The Morgan fingerprint density at radius 2 is 2.20 bits per heavy atom. The normalized spacial score (nSPS) is 22.3. The molecule has 2 N–H and O–H groups in total. The summed E-state index contributed by atoms with van der Waals surface area (Å²) in [5, 5.41) is 4.71. The molecule has 0 bridgehead atoms. The molecule has 2 aromatic rings. The Hall–Kier alpha value is -1.55. The second-order valence-corrected chi connectivity index (χ2v) is 5.95. The quantitative estimate of drug-likeness (QED) is 0.858. The Morgan fingerprint density at radius 3 is 2.90 bits per heavy atom. The van der Waals surface area contributed by atoms with Gasteiger partial charge in [0.05, 0.1) is 0 Å². The Kier molecular flexibility index (Phi) is 3.66. The Bertz CT molecular complexity index is 591. The summed E-state index contributed by atoms with van der Waals surface area (Å²) >= 11 is 6.00. The highest BCUT2D eigenvalue weighted by molar-refractivity contribution is 6.31. The molecule has 0 radical (unpaired) electrons. The molecule has 5 heteroatoms. The van der Waals surface area contributed by atoms with Gasteiger partial charge in [-0.2, -0.15) is 4.98 Å². The zero-order valence-electron chi connectivity index (χ0n) is 11.5. The first-order valence-corrected chi connectivity index (χ1v) is 7.43. The van der Waals surface area contributed by atoms with E-state index in [4.69, 9.17) is 21.9 Å². The molecule has 1 saturated carbocycles. The summed E-state index contributed by atoms with van der Waals surface area (Å²) in [7, 11) is 0. The van der Waals surface area contributed by atoms with Gasteiger partial charge in [-0.25, -0.2) is 0 Å². The highest BCUT2D eigenvalue weighted by Gasteiger charge is 2.28. The van der Waals surface area contributed by atoms with Crippen LogP contribution in [0.5, 0.6) is 0 Å². The Labute approximate surface area is 123 Å². The highest BCUT2D eigenvalue weighted by atomic mass is 35.5. The fourth-order valence-electron chi connectivity index (χ4n) is 2.93. The van der Waals surface area contributed by atoms with Gasteiger partial charge in [0, 0.05) is 22.2 Å². The van der Waals surface area contributed by atoms with Crippen LogP contribution in [0.15, 0.2) is 22.7 Å². The number of rotatable bonds is 3. The van der Waals surface area contributed by atoms with Crippen molar-refractivity contribution in [1.82, 2.24) is 10.1 Å². The number of aromatic nitrogens is 2. The van der Waals surface area contributed by atoms with Gasteiger partial charge in [0.25, 0.3) is 5.89 Å². The average Bonchev–Trinajstić information content (AvgIpc) is 3.06. The van der Waals surface area contributed by atoms with Crippen LogP contribution in [-0.2, 0) is 0 Å². The van der Waals surface area contributed by atoms with E-state index in [1.54, 1.807) is 18.2 Å². The summed E-state index contributed by atoms with van der Waals surface area (Å²) in [6, 6.07) is 5.29. The number of hydrogen-bond donors (Lipinski definition) is 1. The van der Waals surface area contributed by atoms with E-state index >= 15 is 0 Å². The number of nitrogen functional groups attached to an aromatic ring is 1. The molecular formula is C15H18ClN3O. The average molecular weight is 292 g/mol. The van der Waals surface area contributed by atoms with Crippen molar-refractivity contribution in [2.75, 3.05) is 5.73 Å². The lowest BCUT2D eigenvalue weighted by atomic mass is 10.0. The van der Waals surface area contributed by atoms with Crippen LogP contribution in [0.25, 0.3) is 11.5 Å². The molecule has 20 heavy (non-hydrogen) atoms. The van der Waals surface area contributed by atoms with E-state index in [9.17, 15) is 0 Å². The van der Waals surface area contributed by atoms with Crippen molar-refractivity contribution in [2.24, 2.45) is 5.92 Å². The minimum absolute atomic E-state index is 0.425. The van der Waals surface area contributed by atoms with Crippen molar-refractivity contribution >= 4 is 17.3 Å². The zero-order valence-corrected chi connectivity index (χ0v) is 12.2. The van der Waals surface area contributed by atoms with Crippen LogP contribution >= 0.6 is 11.6 Å². The molecule has 1 aliphatic carbocycles. The first-order chi connectivity index (χ1) is 9.65. The van der Waals surface area contributed by atoms with Crippen molar-refractivity contribution in [2.45, 2.75) is 38.5 Å². The van der Waals surface area contributed by atoms with Crippen molar-refractivity contribution < 1.29 is 4.52 Å². The molecule has 0 saturated heterocycles. The van der Waals surface area contributed by atoms with E-state index in [1.165, 1.54) is 12.8 Å². The van der Waals surface area contributed by atoms with Crippen molar-refractivity contribution in [1.29, 1.82) is 0 Å². The lowest BCUT2D eigenvalue weighted by molar-refractivity contribution is 0.413. The second-order valence-electron chi connectivity index (χ2n) is 5.52. The minimum atomic E-state index is 0.425. The molecule has 2 atom stereocenters. The maximum absolute atomic E-state index is 6.00. The van der Waals surface area contributed by atoms with Crippen LogP contribution in [0.3, 0.4) is 0 Å². The minimum Gasteiger partial charge on any atom is -0.399 e. The number of hydrogen-bond acceptors (Lipinski definition) is 4. The SMILES string of the molecule is CCC1CCC(c2noc(-c3cc(N)cc(Cl)c3)n2)C1. The van der Waals surface area contributed by atoms with Gasteiger partial charge in [-0.1, -0.05) is 30.1 Å². The second kappa shape index (κ2) is 5.44. The van der Waals surface area contributed by atoms with Gasteiger partial charge in [-0.15, -0.1) is 0 Å². The molecule has 0 spiro atoms. The zero-order chi connectivity index (χ0) is 14.1. The van der Waals surface area contributed by atoms with Crippen LogP contribution in [0.4, 0.5) is 5.69 Å². The van der Waals surface area contributed by atoms with Crippen molar-refractivity contribution in [3.05, 3.63) is 29.0 Å². The molecule has 0 aliphatic heterocycles. The number of benzene rings is 1. The molecule has 1 aliphatic rings. The smallest absolute Gasteiger partial charge is 0.258 e. The molecule has 106 valence electrons. The van der Waals surface area contributed by atoms with Crippen LogP contribution in [0.1, 0.15) is 44.3 Å². The van der Waals surface area contributed by atoms with Gasteiger partial charge in [-0.05, 0) is 43.4 Å². The third-order valence-corrected chi connectivity index (χ3v) is 4.31. The highest BCUT2D eigenvalue weighted by Crippen LogP contribution is 2.39. The molecular weight excluding hydrogens is 274 g/mol. The van der Waals surface area contributed by atoms with E-state index in [-0.39, 0.29) is 0 Å². The molecule has 1 aromatic heterocycles. The standard InChI is InChI=1S/C15H18ClN3O/c1-2-9-3-4-10(5-9)14-18-15(20-19-14)11-6-12(16)8-13(17)7-11/h6-10H,2-5,17H2,1H3. The third-order valence-electron chi connectivity index (χ3n) is 4.09. The fourth-order valence-corrected chi connectivity index (χ4v) is 3.18. The molecule has 1 heterocycles. The van der Waals surface area contributed by atoms with Crippen LogP contribution in [-0.4, -0.2) is 10.1 Å². The largest absolute Gasteiger partial charge is 0.399 e. The molecule has 1 fully saturated rings. The van der Waals surface area contributed by atoms with Gasteiger partial charge in [0.1, 0.15) is 0 Å². The summed E-state index contributed by atoms with van der Waals surface area (Å²) in [6.07, 6.45) is 4.80. The predicted octanol–water partition coefficient (Wildman–Crippen LogP) is 4.27. The summed E-state index contributed by atoms with van der Waals surface area (Å²) in [6.45, 7) is 2.24. The van der Waals surface area contributed by atoms with E-state index in [2.05, 4.69) is 17.1 Å². The first kappa shape index (κ1) is 13.4. The van der Waals surface area contributed by atoms with Crippen molar-refractivity contribution in [3.63, 3.8) is 0 Å². The van der Waals surface area contributed by atoms with Gasteiger partial charge in [-0.3, -0.25) is 0 Å². The fraction of sp³-hybridized carbons (Fsp3) is 0.467. The summed E-state index contributed by atoms with van der Waals surface area (Å²) < 4.78 is 5.37. The first-order valence-electron chi connectivity index (χ1n) is 7.05. The third kappa shape index (κ3) is 2.66. The lowest BCUT2D eigenvalue weighted by Crippen LogP contribution is -1.97. The molecule has 0 amide bonds.